The minimum absolute atomic E-state index is 0.0518. The Labute approximate surface area is 149 Å². The minimum Gasteiger partial charge on any atom is -0.481 e. The lowest BCUT2D eigenvalue weighted by Crippen LogP contribution is -2.13. The zero-order chi connectivity index (χ0) is 18.3. The van der Waals surface area contributed by atoms with Crippen molar-refractivity contribution >= 4 is 28.7 Å². The second kappa shape index (κ2) is 6.25. The summed E-state index contributed by atoms with van der Waals surface area (Å²) in [4.78, 5) is 28.1. The largest absolute Gasteiger partial charge is 0.481 e. The second-order valence-corrected chi connectivity index (χ2v) is 6.54. The van der Waals surface area contributed by atoms with E-state index >= 15 is 0 Å². The summed E-state index contributed by atoms with van der Waals surface area (Å²) >= 11 is 0. The van der Waals surface area contributed by atoms with Crippen molar-refractivity contribution in [1.82, 2.24) is 10.1 Å². The Balaban J connectivity index is 1.63. The maximum Gasteiger partial charge on any atom is 0.307 e. The van der Waals surface area contributed by atoms with Crippen molar-refractivity contribution in [3.63, 3.8) is 0 Å². The first-order chi connectivity index (χ1) is 12.5. The van der Waals surface area contributed by atoms with Gasteiger partial charge in [-0.2, -0.15) is 0 Å². The highest BCUT2D eigenvalue weighted by molar-refractivity contribution is 6.12. The number of carboxylic acids is 1. The lowest BCUT2D eigenvalue weighted by Gasteiger charge is -2.08. The molecule has 0 aliphatic heterocycles. The molecule has 7 heteroatoms. The van der Waals surface area contributed by atoms with Gasteiger partial charge in [-0.1, -0.05) is 17.3 Å². The van der Waals surface area contributed by atoms with Gasteiger partial charge in [0.25, 0.3) is 11.6 Å². The molecule has 1 aliphatic carbocycles. The summed E-state index contributed by atoms with van der Waals surface area (Å²) in [6, 6.07) is 8.57. The Morgan fingerprint density at radius 1 is 1.27 bits per heavy atom. The number of fused-ring (bicyclic) bond motifs is 1. The summed E-state index contributed by atoms with van der Waals surface area (Å²) in [6.45, 7) is 1.78. The molecule has 26 heavy (non-hydrogen) atoms. The molecule has 2 N–H and O–H groups in total. The first-order valence-corrected chi connectivity index (χ1v) is 8.40. The number of aryl methyl sites for hydroxylation is 1. The SMILES string of the molecule is Cc1noc2nc(C3CC3)cc(C(=O)Nc3ccc(CC(=O)O)cc3)c12. The molecule has 3 aromatic rings. The van der Waals surface area contributed by atoms with E-state index in [1.54, 1.807) is 31.2 Å². The van der Waals surface area contributed by atoms with E-state index in [1.165, 1.54) is 0 Å². The molecule has 1 aliphatic rings. The van der Waals surface area contributed by atoms with Crippen LogP contribution in [0.25, 0.3) is 11.1 Å². The van der Waals surface area contributed by atoms with Gasteiger partial charge in [0.2, 0.25) is 0 Å². The lowest BCUT2D eigenvalue weighted by atomic mass is 10.1. The summed E-state index contributed by atoms with van der Waals surface area (Å²) in [5.74, 6) is -0.778. The van der Waals surface area contributed by atoms with E-state index in [1.807, 2.05) is 6.07 Å². The Bertz CT molecular complexity index is 1000. The third kappa shape index (κ3) is 3.15. The molecule has 0 radical (unpaired) electrons. The van der Waals surface area contributed by atoms with E-state index in [2.05, 4.69) is 15.5 Å². The van der Waals surface area contributed by atoms with Crippen molar-refractivity contribution in [2.45, 2.75) is 32.1 Å². The van der Waals surface area contributed by atoms with Crippen LogP contribution in [0.15, 0.2) is 34.9 Å². The van der Waals surface area contributed by atoms with Crippen molar-refractivity contribution in [2.75, 3.05) is 5.32 Å². The number of rotatable bonds is 5. The van der Waals surface area contributed by atoms with Crippen LogP contribution in [0.2, 0.25) is 0 Å². The molecule has 0 spiro atoms. The van der Waals surface area contributed by atoms with Gasteiger partial charge in [0.1, 0.15) is 0 Å². The maximum atomic E-state index is 12.8. The Morgan fingerprint density at radius 3 is 2.65 bits per heavy atom. The van der Waals surface area contributed by atoms with Gasteiger partial charge >= 0.3 is 5.97 Å². The van der Waals surface area contributed by atoms with Crippen LogP contribution in [0, 0.1) is 6.92 Å². The summed E-state index contributed by atoms with van der Waals surface area (Å²) in [6.07, 6.45) is 2.08. The Hall–Kier alpha value is -3.22. The van der Waals surface area contributed by atoms with Crippen molar-refractivity contribution in [1.29, 1.82) is 0 Å². The molecule has 2 aromatic heterocycles. The van der Waals surface area contributed by atoms with Crippen LogP contribution in [0.1, 0.15) is 46.1 Å². The predicted octanol–water partition coefficient (Wildman–Crippen LogP) is 3.29. The van der Waals surface area contributed by atoms with Gasteiger partial charge in [0.15, 0.2) is 0 Å². The van der Waals surface area contributed by atoms with Gasteiger partial charge in [-0.3, -0.25) is 9.59 Å². The predicted molar refractivity (Wildman–Crippen MR) is 94.3 cm³/mol. The smallest absolute Gasteiger partial charge is 0.307 e. The third-order valence-electron chi connectivity index (χ3n) is 4.44. The topological polar surface area (TPSA) is 105 Å². The number of benzene rings is 1. The number of pyridine rings is 1. The molecule has 2 heterocycles. The number of aliphatic carboxylic acids is 1. The molecule has 1 aromatic carbocycles. The van der Waals surface area contributed by atoms with Gasteiger partial charge in [0.05, 0.1) is 23.1 Å². The van der Waals surface area contributed by atoms with Crippen LogP contribution < -0.4 is 5.32 Å². The first-order valence-electron chi connectivity index (χ1n) is 8.40. The molecule has 132 valence electrons. The number of hydrogen-bond donors (Lipinski definition) is 2. The average Bonchev–Trinajstić information content (AvgIpc) is 3.39. The number of nitrogens with one attached hydrogen (secondary N) is 1. The number of nitrogens with zero attached hydrogens (tertiary/aromatic N) is 2. The molecule has 4 rings (SSSR count). The summed E-state index contributed by atoms with van der Waals surface area (Å²) < 4.78 is 5.26. The van der Waals surface area contributed by atoms with Crippen molar-refractivity contribution in [2.24, 2.45) is 0 Å². The van der Waals surface area contributed by atoms with Gasteiger partial charge < -0.3 is 14.9 Å². The van der Waals surface area contributed by atoms with E-state index in [4.69, 9.17) is 9.63 Å². The molecule has 0 saturated heterocycles. The number of anilines is 1. The molecular weight excluding hydrogens is 334 g/mol. The van der Waals surface area contributed by atoms with E-state index in [0.717, 1.165) is 18.5 Å². The molecular formula is C19H17N3O4. The van der Waals surface area contributed by atoms with Crippen molar-refractivity contribution in [3.05, 3.63) is 52.8 Å². The molecule has 0 bridgehead atoms. The normalized spacial score (nSPS) is 13.7. The third-order valence-corrected chi connectivity index (χ3v) is 4.44. The number of carbonyl (C=O) groups excluding carboxylic acids is 1. The van der Waals surface area contributed by atoms with Crippen LogP contribution in [0.5, 0.6) is 0 Å². The highest BCUT2D eigenvalue weighted by atomic mass is 16.5. The molecule has 0 unspecified atom stereocenters. The van der Waals surface area contributed by atoms with Gasteiger partial charge in [0, 0.05) is 17.3 Å². The number of carbonyl (C=O) groups is 2. The second-order valence-electron chi connectivity index (χ2n) is 6.54. The number of aromatic nitrogens is 2. The van der Waals surface area contributed by atoms with Crippen molar-refractivity contribution < 1.29 is 19.2 Å². The monoisotopic (exact) mass is 351 g/mol. The van der Waals surface area contributed by atoms with Gasteiger partial charge in [-0.15, -0.1) is 0 Å². The van der Waals surface area contributed by atoms with E-state index in [0.29, 0.717) is 39.5 Å². The molecule has 1 fully saturated rings. The highest BCUT2D eigenvalue weighted by Gasteiger charge is 2.28. The van der Waals surface area contributed by atoms with Gasteiger partial charge in [-0.25, -0.2) is 4.98 Å². The molecule has 7 nitrogen and oxygen atoms in total. The van der Waals surface area contributed by atoms with Crippen LogP contribution in [-0.2, 0) is 11.2 Å². The summed E-state index contributed by atoms with van der Waals surface area (Å²) in [5, 5.41) is 16.2. The standard InChI is InChI=1S/C19H17N3O4/c1-10-17-14(9-15(12-4-5-12)21-19(17)26-22-10)18(25)20-13-6-2-11(3-7-13)8-16(23)24/h2-3,6-7,9,12H,4-5,8H2,1H3,(H,20,25)(H,23,24). The van der Waals surface area contributed by atoms with Crippen LogP contribution >= 0.6 is 0 Å². The van der Waals surface area contributed by atoms with E-state index in [9.17, 15) is 9.59 Å². The fraction of sp³-hybridized carbons (Fsp3) is 0.263. The highest BCUT2D eigenvalue weighted by Crippen LogP contribution is 2.40. The number of carboxylic acid groups (broad SMARTS) is 1. The van der Waals surface area contributed by atoms with E-state index < -0.39 is 5.97 Å². The number of hydrogen-bond acceptors (Lipinski definition) is 5. The average molecular weight is 351 g/mol. The minimum atomic E-state index is -0.892. The summed E-state index contributed by atoms with van der Waals surface area (Å²) in [5.41, 5.74) is 3.62. The fourth-order valence-corrected chi connectivity index (χ4v) is 2.96. The number of amides is 1. The Morgan fingerprint density at radius 2 is 2.00 bits per heavy atom. The summed E-state index contributed by atoms with van der Waals surface area (Å²) in [7, 11) is 0. The van der Waals surface area contributed by atoms with E-state index in [-0.39, 0.29) is 12.3 Å². The molecule has 1 amide bonds. The van der Waals surface area contributed by atoms with Crippen LogP contribution in [-0.4, -0.2) is 27.1 Å². The quantitative estimate of drug-likeness (QED) is 0.731. The van der Waals surface area contributed by atoms with Crippen LogP contribution in [0.4, 0.5) is 5.69 Å². The fourth-order valence-electron chi connectivity index (χ4n) is 2.96. The zero-order valence-corrected chi connectivity index (χ0v) is 14.2. The van der Waals surface area contributed by atoms with Gasteiger partial charge in [-0.05, 0) is 43.5 Å². The van der Waals surface area contributed by atoms with Crippen LogP contribution in [0.3, 0.4) is 0 Å². The lowest BCUT2D eigenvalue weighted by molar-refractivity contribution is -0.136. The van der Waals surface area contributed by atoms with Crippen molar-refractivity contribution in [3.8, 4) is 0 Å². The first kappa shape index (κ1) is 16.3. The maximum absolute atomic E-state index is 12.8. The molecule has 0 atom stereocenters. The Kier molecular flexibility index (Phi) is 3.91. The zero-order valence-electron chi connectivity index (χ0n) is 14.2. The molecule has 1 saturated carbocycles.